The van der Waals surface area contributed by atoms with Gasteiger partial charge in [-0.05, 0) is 49.1 Å². The maximum Gasteiger partial charge on any atom is 0.103 e. The molecule has 1 aliphatic heterocycles. The number of rotatable bonds is 3. The molecule has 4 rings (SSSR count). The number of benzene rings is 1. The van der Waals surface area contributed by atoms with Gasteiger partial charge in [-0.2, -0.15) is 0 Å². The molecule has 2 nitrogen and oxygen atoms in total. The number of β-amino-alcohol motifs (C(OH)–C–C–N with tert-alkyl or cyclic N) is 1. The monoisotopic (exact) mass is 257 g/mol. The molecule has 19 heavy (non-hydrogen) atoms. The summed E-state index contributed by atoms with van der Waals surface area (Å²) in [6.45, 7) is 1.89. The summed E-state index contributed by atoms with van der Waals surface area (Å²) in [5.74, 6) is 0.787. The van der Waals surface area contributed by atoms with Crippen molar-refractivity contribution in [2.24, 2.45) is 0 Å². The summed E-state index contributed by atoms with van der Waals surface area (Å²) in [6, 6.07) is 9.60. The molecule has 1 N–H and O–H groups in total. The van der Waals surface area contributed by atoms with Gasteiger partial charge in [0.15, 0.2) is 0 Å². The minimum atomic E-state index is -0.596. The van der Waals surface area contributed by atoms with Crippen LogP contribution in [0.15, 0.2) is 24.3 Å². The zero-order chi connectivity index (χ0) is 12.9. The molecule has 0 radical (unpaired) electrons. The van der Waals surface area contributed by atoms with Crippen molar-refractivity contribution >= 4 is 0 Å². The highest BCUT2D eigenvalue weighted by Gasteiger charge is 2.42. The summed E-state index contributed by atoms with van der Waals surface area (Å²) in [5, 5.41) is 10.9. The summed E-state index contributed by atoms with van der Waals surface area (Å²) >= 11 is 0. The van der Waals surface area contributed by atoms with E-state index < -0.39 is 5.60 Å². The average molecular weight is 257 g/mol. The van der Waals surface area contributed by atoms with Crippen LogP contribution in [0.1, 0.15) is 55.6 Å². The smallest absolute Gasteiger partial charge is 0.103 e. The third-order valence-corrected chi connectivity index (χ3v) is 5.37. The lowest BCUT2D eigenvalue weighted by Gasteiger charge is -2.28. The van der Waals surface area contributed by atoms with Crippen LogP contribution in [-0.2, 0) is 5.60 Å². The van der Waals surface area contributed by atoms with E-state index in [-0.39, 0.29) is 0 Å². The van der Waals surface area contributed by atoms with Crippen molar-refractivity contribution in [3.05, 3.63) is 35.4 Å². The Morgan fingerprint density at radius 2 is 1.79 bits per heavy atom. The van der Waals surface area contributed by atoms with Crippen LogP contribution in [0.3, 0.4) is 0 Å². The van der Waals surface area contributed by atoms with Gasteiger partial charge in [0.2, 0.25) is 0 Å². The fraction of sp³-hybridized carbons (Fsp3) is 0.647. The third kappa shape index (κ3) is 2.11. The van der Waals surface area contributed by atoms with Gasteiger partial charge in [-0.3, -0.25) is 4.90 Å². The van der Waals surface area contributed by atoms with Gasteiger partial charge in [-0.15, -0.1) is 0 Å². The minimum Gasteiger partial charge on any atom is -0.384 e. The molecular weight excluding hydrogens is 234 g/mol. The van der Waals surface area contributed by atoms with Gasteiger partial charge in [0.1, 0.15) is 5.60 Å². The van der Waals surface area contributed by atoms with Crippen LogP contribution < -0.4 is 0 Å². The summed E-state index contributed by atoms with van der Waals surface area (Å²) in [4.78, 5) is 2.47. The highest BCUT2D eigenvalue weighted by Crippen LogP contribution is 2.40. The Morgan fingerprint density at radius 1 is 1.05 bits per heavy atom. The predicted molar refractivity (Wildman–Crippen MR) is 76.1 cm³/mol. The first-order valence-corrected chi connectivity index (χ1v) is 7.81. The van der Waals surface area contributed by atoms with E-state index >= 15 is 0 Å². The second-order valence-corrected chi connectivity index (χ2v) is 6.73. The largest absolute Gasteiger partial charge is 0.384 e. The van der Waals surface area contributed by atoms with Crippen LogP contribution in [-0.4, -0.2) is 29.1 Å². The van der Waals surface area contributed by atoms with Crippen LogP contribution in [0.2, 0.25) is 0 Å². The first kappa shape index (κ1) is 11.9. The van der Waals surface area contributed by atoms with Crippen molar-refractivity contribution in [3.63, 3.8) is 0 Å². The van der Waals surface area contributed by atoms with Gasteiger partial charge in [-0.25, -0.2) is 0 Å². The Hall–Kier alpha value is -0.860. The van der Waals surface area contributed by atoms with Gasteiger partial charge in [-0.1, -0.05) is 30.7 Å². The molecule has 0 amide bonds. The van der Waals surface area contributed by atoms with E-state index in [0.717, 1.165) is 37.0 Å². The molecule has 1 heterocycles. The van der Waals surface area contributed by atoms with Crippen molar-refractivity contribution in [2.45, 2.75) is 56.1 Å². The maximum atomic E-state index is 10.9. The van der Waals surface area contributed by atoms with Crippen molar-refractivity contribution in [1.29, 1.82) is 0 Å². The molecule has 3 fully saturated rings. The summed E-state index contributed by atoms with van der Waals surface area (Å²) < 4.78 is 0. The van der Waals surface area contributed by atoms with E-state index in [0.29, 0.717) is 0 Å². The highest BCUT2D eigenvalue weighted by atomic mass is 16.3. The van der Waals surface area contributed by atoms with E-state index in [2.05, 4.69) is 29.2 Å². The van der Waals surface area contributed by atoms with Crippen molar-refractivity contribution in [3.8, 4) is 0 Å². The summed E-state index contributed by atoms with van der Waals surface area (Å²) in [6.07, 6.45) is 7.63. The molecule has 0 spiro atoms. The number of hydrogen-bond donors (Lipinski definition) is 1. The number of nitrogens with zero attached hydrogens (tertiary/aromatic N) is 1. The van der Waals surface area contributed by atoms with Gasteiger partial charge in [0.25, 0.3) is 0 Å². The lowest BCUT2D eigenvalue weighted by Crippen LogP contribution is -2.31. The van der Waals surface area contributed by atoms with E-state index in [9.17, 15) is 5.11 Å². The maximum absolute atomic E-state index is 10.9. The molecule has 2 saturated carbocycles. The molecule has 0 aromatic heterocycles. The van der Waals surface area contributed by atoms with Gasteiger partial charge < -0.3 is 5.11 Å². The molecule has 2 heteroatoms. The number of likely N-dealkylation sites (tertiary alicyclic amines) is 1. The quantitative estimate of drug-likeness (QED) is 0.899. The Bertz CT molecular complexity index is 461. The standard InChI is InChI=1S/C17H23NO/c19-17(10-11-18(12-17)16-8-9-16)15-6-4-14(5-7-15)13-2-1-3-13/h4-7,13,16,19H,1-3,8-12H2. The Labute approximate surface area is 115 Å². The van der Waals surface area contributed by atoms with Gasteiger partial charge in [0, 0.05) is 19.1 Å². The molecular formula is C17H23NO. The van der Waals surface area contributed by atoms with Gasteiger partial charge in [0.05, 0.1) is 0 Å². The first-order valence-electron chi connectivity index (χ1n) is 7.81. The van der Waals surface area contributed by atoms with Crippen LogP contribution in [0.25, 0.3) is 0 Å². The third-order valence-electron chi connectivity index (χ3n) is 5.37. The number of hydrogen-bond acceptors (Lipinski definition) is 2. The topological polar surface area (TPSA) is 23.5 Å². The molecule has 0 bridgehead atoms. The molecule has 1 aromatic carbocycles. The van der Waals surface area contributed by atoms with Gasteiger partial charge >= 0.3 is 0 Å². The second kappa shape index (κ2) is 4.32. The normalized spacial score (nSPS) is 32.5. The Balaban J connectivity index is 1.51. The van der Waals surface area contributed by atoms with E-state index in [1.807, 2.05) is 0 Å². The summed E-state index contributed by atoms with van der Waals surface area (Å²) in [7, 11) is 0. The van der Waals surface area contributed by atoms with E-state index in [1.165, 1.54) is 37.7 Å². The SMILES string of the molecule is OC1(c2ccc(C3CCC3)cc2)CCN(C2CC2)C1. The average Bonchev–Trinajstić information content (AvgIpc) is 3.12. The first-order chi connectivity index (χ1) is 9.24. The van der Waals surface area contributed by atoms with E-state index in [4.69, 9.17) is 0 Å². The lowest BCUT2D eigenvalue weighted by atomic mass is 9.79. The fourth-order valence-electron chi connectivity index (χ4n) is 3.62. The molecule has 1 aromatic rings. The number of aliphatic hydroxyl groups is 1. The van der Waals surface area contributed by atoms with Crippen molar-refractivity contribution in [2.75, 3.05) is 13.1 Å². The van der Waals surface area contributed by atoms with Crippen molar-refractivity contribution in [1.82, 2.24) is 4.90 Å². The Morgan fingerprint density at radius 3 is 2.37 bits per heavy atom. The van der Waals surface area contributed by atoms with Crippen LogP contribution in [0.4, 0.5) is 0 Å². The summed E-state index contributed by atoms with van der Waals surface area (Å²) in [5.41, 5.74) is 2.00. The van der Waals surface area contributed by atoms with Crippen LogP contribution >= 0.6 is 0 Å². The highest BCUT2D eigenvalue weighted by molar-refractivity contribution is 5.31. The fourth-order valence-corrected chi connectivity index (χ4v) is 3.62. The lowest BCUT2D eigenvalue weighted by molar-refractivity contribution is 0.0452. The zero-order valence-electron chi connectivity index (χ0n) is 11.5. The molecule has 2 aliphatic carbocycles. The predicted octanol–water partition coefficient (Wildman–Crippen LogP) is 3.01. The second-order valence-electron chi connectivity index (χ2n) is 6.73. The molecule has 1 atom stereocenters. The van der Waals surface area contributed by atoms with Crippen LogP contribution in [0.5, 0.6) is 0 Å². The molecule has 1 unspecified atom stereocenters. The molecule has 1 saturated heterocycles. The molecule has 102 valence electrons. The zero-order valence-corrected chi connectivity index (χ0v) is 11.5. The van der Waals surface area contributed by atoms with E-state index in [1.54, 1.807) is 0 Å². The van der Waals surface area contributed by atoms with Crippen LogP contribution in [0, 0.1) is 0 Å². The Kier molecular flexibility index (Phi) is 2.71. The van der Waals surface area contributed by atoms with Crippen molar-refractivity contribution < 1.29 is 5.11 Å². The molecule has 3 aliphatic rings. The minimum absolute atomic E-state index is 0.596.